The molecule has 0 atom stereocenters. The highest BCUT2D eigenvalue weighted by molar-refractivity contribution is 6.31. The first kappa shape index (κ1) is 17.8. The van der Waals surface area contributed by atoms with Crippen LogP contribution >= 0.6 is 11.6 Å². The van der Waals surface area contributed by atoms with Crippen LogP contribution in [0.1, 0.15) is 46.3 Å². The predicted molar refractivity (Wildman–Crippen MR) is 89.4 cm³/mol. The van der Waals surface area contributed by atoms with Crippen LogP contribution in [0.4, 0.5) is 13.2 Å². The van der Waals surface area contributed by atoms with Crippen molar-refractivity contribution in [3.8, 4) is 0 Å². The molecule has 4 rings (SSSR count). The van der Waals surface area contributed by atoms with Gasteiger partial charge in [-0.15, -0.1) is 0 Å². The van der Waals surface area contributed by atoms with Crippen LogP contribution in [0.3, 0.4) is 0 Å². The lowest BCUT2D eigenvalue weighted by Crippen LogP contribution is -2.25. The first-order chi connectivity index (χ1) is 12.7. The molecule has 7 nitrogen and oxygen atoms in total. The van der Waals surface area contributed by atoms with Crippen LogP contribution in [0, 0.1) is 0 Å². The molecule has 11 heteroatoms. The van der Waals surface area contributed by atoms with Gasteiger partial charge in [0, 0.05) is 24.7 Å². The lowest BCUT2D eigenvalue weighted by Gasteiger charge is -2.10. The summed E-state index contributed by atoms with van der Waals surface area (Å²) in [5.74, 6) is -0.589. The standard InChI is InChI=1S/C16H14ClF3N6O/c1-25-12(9(17)6-22-25)7-21-15(27)11-5-14-23-10(8-2-3-8)4-13(16(18,19)20)26(14)24-11/h4-6,8H,2-3,7H2,1H3,(H,21,27). The number of nitrogens with one attached hydrogen (secondary N) is 1. The second-order valence-corrected chi connectivity index (χ2v) is 6.79. The molecule has 142 valence electrons. The third-order valence-corrected chi connectivity index (χ3v) is 4.71. The summed E-state index contributed by atoms with van der Waals surface area (Å²) in [4.78, 5) is 16.6. The van der Waals surface area contributed by atoms with E-state index >= 15 is 0 Å². The van der Waals surface area contributed by atoms with E-state index in [-0.39, 0.29) is 23.8 Å². The number of aromatic nitrogens is 5. The van der Waals surface area contributed by atoms with E-state index < -0.39 is 17.8 Å². The normalized spacial score (nSPS) is 14.7. The van der Waals surface area contributed by atoms with Crippen molar-refractivity contribution in [2.75, 3.05) is 0 Å². The second-order valence-electron chi connectivity index (χ2n) is 6.38. The molecule has 0 aliphatic heterocycles. The summed E-state index contributed by atoms with van der Waals surface area (Å²) in [6.07, 6.45) is -1.54. The average Bonchev–Trinajstić information content (AvgIpc) is 3.28. The van der Waals surface area contributed by atoms with Gasteiger partial charge in [-0.3, -0.25) is 9.48 Å². The van der Waals surface area contributed by atoms with Gasteiger partial charge in [0.15, 0.2) is 11.3 Å². The number of fused-ring (bicyclic) bond motifs is 1. The molecule has 1 fully saturated rings. The Hall–Kier alpha value is -2.62. The topological polar surface area (TPSA) is 77.1 Å². The highest BCUT2D eigenvalue weighted by Crippen LogP contribution is 2.41. The molecule has 0 saturated heterocycles. The largest absolute Gasteiger partial charge is 0.433 e. The van der Waals surface area contributed by atoms with Crippen LogP contribution in [0.25, 0.3) is 5.65 Å². The van der Waals surface area contributed by atoms with E-state index in [2.05, 4.69) is 20.5 Å². The monoisotopic (exact) mass is 398 g/mol. The van der Waals surface area contributed by atoms with E-state index in [1.54, 1.807) is 7.05 Å². The van der Waals surface area contributed by atoms with Gasteiger partial charge in [-0.05, 0) is 18.9 Å². The molecule has 0 aromatic carbocycles. The van der Waals surface area contributed by atoms with E-state index in [0.29, 0.717) is 20.9 Å². The highest BCUT2D eigenvalue weighted by Gasteiger charge is 2.37. The van der Waals surface area contributed by atoms with Crippen molar-refractivity contribution in [3.05, 3.63) is 46.1 Å². The molecule has 0 bridgehead atoms. The molecule has 0 spiro atoms. The average molecular weight is 399 g/mol. The van der Waals surface area contributed by atoms with E-state index in [1.165, 1.54) is 16.9 Å². The van der Waals surface area contributed by atoms with Crippen molar-refractivity contribution in [1.29, 1.82) is 0 Å². The van der Waals surface area contributed by atoms with Crippen LogP contribution in [0.5, 0.6) is 0 Å². The molecule has 1 amide bonds. The summed E-state index contributed by atoms with van der Waals surface area (Å²) in [6, 6.07) is 2.26. The second kappa shape index (κ2) is 6.22. The Kier molecular flexibility index (Phi) is 4.10. The molecule has 1 N–H and O–H groups in total. The molecular weight excluding hydrogens is 385 g/mol. The zero-order valence-electron chi connectivity index (χ0n) is 14.1. The van der Waals surface area contributed by atoms with Crippen LogP contribution in [-0.4, -0.2) is 30.3 Å². The van der Waals surface area contributed by atoms with Crippen LogP contribution in [-0.2, 0) is 19.8 Å². The van der Waals surface area contributed by atoms with Crippen LogP contribution < -0.4 is 5.32 Å². The molecule has 3 heterocycles. The maximum absolute atomic E-state index is 13.4. The minimum atomic E-state index is -4.60. The fourth-order valence-electron chi connectivity index (χ4n) is 2.78. The van der Waals surface area contributed by atoms with E-state index in [1.807, 2.05) is 0 Å². The number of alkyl halides is 3. The Morgan fingerprint density at radius 2 is 2.11 bits per heavy atom. The summed E-state index contributed by atoms with van der Waals surface area (Å²) in [7, 11) is 1.66. The highest BCUT2D eigenvalue weighted by atomic mass is 35.5. The Labute approximate surface area is 156 Å². The molecule has 0 radical (unpaired) electrons. The minimum Gasteiger partial charge on any atom is -0.345 e. The predicted octanol–water partition coefficient (Wildman–Crippen LogP) is 2.94. The lowest BCUT2D eigenvalue weighted by molar-refractivity contribution is -0.142. The van der Waals surface area contributed by atoms with E-state index in [4.69, 9.17) is 11.6 Å². The summed E-state index contributed by atoms with van der Waals surface area (Å²) in [5.41, 5.74) is -0.153. The van der Waals surface area contributed by atoms with Crippen LogP contribution in [0.15, 0.2) is 18.3 Å². The Bertz CT molecular complexity index is 1020. The number of aryl methyl sites for hydroxylation is 1. The first-order valence-corrected chi connectivity index (χ1v) is 8.54. The van der Waals surface area contributed by atoms with Gasteiger partial charge in [-0.2, -0.15) is 23.4 Å². The van der Waals surface area contributed by atoms with Crippen LogP contribution in [0.2, 0.25) is 5.02 Å². The van der Waals surface area contributed by atoms with Crippen molar-refractivity contribution < 1.29 is 18.0 Å². The number of halogens is 4. The van der Waals surface area contributed by atoms with Crippen molar-refractivity contribution >= 4 is 23.2 Å². The number of amides is 1. The van der Waals surface area contributed by atoms with Crippen molar-refractivity contribution in [2.24, 2.45) is 7.05 Å². The summed E-state index contributed by atoms with van der Waals surface area (Å²) < 4.78 is 42.4. The molecule has 1 saturated carbocycles. The molecule has 3 aromatic heterocycles. The minimum absolute atomic E-state index is 0.00422. The number of nitrogens with zero attached hydrogens (tertiary/aromatic N) is 5. The molecular formula is C16H14ClF3N6O. The molecule has 0 unspecified atom stereocenters. The first-order valence-electron chi connectivity index (χ1n) is 8.16. The summed E-state index contributed by atoms with van der Waals surface area (Å²) >= 11 is 5.97. The molecule has 3 aromatic rings. The maximum Gasteiger partial charge on any atom is 0.433 e. The fraction of sp³-hybridized carbons (Fsp3) is 0.375. The van der Waals surface area contributed by atoms with Gasteiger partial charge in [0.25, 0.3) is 5.91 Å². The number of hydrogen-bond acceptors (Lipinski definition) is 4. The van der Waals surface area contributed by atoms with Gasteiger partial charge in [-0.1, -0.05) is 11.6 Å². The fourth-order valence-corrected chi connectivity index (χ4v) is 3.02. The lowest BCUT2D eigenvalue weighted by atomic mass is 10.2. The van der Waals surface area contributed by atoms with Crippen molar-refractivity contribution in [2.45, 2.75) is 31.5 Å². The van der Waals surface area contributed by atoms with Gasteiger partial charge in [0.1, 0.15) is 5.69 Å². The third-order valence-electron chi connectivity index (χ3n) is 4.39. The smallest absolute Gasteiger partial charge is 0.345 e. The third kappa shape index (κ3) is 3.36. The number of rotatable bonds is 4. The summed E-state index contributed by atoms with van der Waals surface area (Å²) in [5, 5.41) is 10.7. The van der Waals surface area contributed by atoms with E-state index in [9.17, 15) is 18.0 Å². The Balaban J connectivity index is 1.65. The van der Waals surface area contributed by atoms with E-state index in [0.717, 1.165) is 18.9 Å². The number of carbonyl (C=O) groups is 1. The molecule has 1 aliphatic carbocycles. The quantitative estimate of drug-likeness (QED) is 0.733. The zero-order chi connectivity index (χ0) is 19.3. The summed E-state index contributed by atoms with van der Waals surface area (Å²) in [6.45, 7) is 0.0644. The number of hydrogen-bond donors (Lipinski definition) is 1. The van der Waals surface area contributed by atoms with Gasteiger partial charge in [0.2, 0.25) is 0 Å². The van der Waals surface area contributed by atoms with Crippen molar-refractivity contribution in [3.63, 3.8) is 0 Å². The molecule has 1 aliphatic rings. The van der Waals surface area contributed by atoms with Gasteiger partial charge in [0.05, 0.1) is 23.5 Å². The van der Waals surface area contributed by atoms with Gasteiger partial charge in [-0.25, -0.2) is 9.50 Å². The molecule has 27 heavy (non-hydrogen) atoms. The zero-order valence-corrected chi connectivity index (χ0v) is 14.8. The van der Waals surface area contributed by atoms with Crippen molar-refractivity contribution in [1.82, 2.24) is 29.7 Å². The van der Waals surface area contributed by atoms with Gasteiger partial charge < -0.3 is 5.32 Å². The SMILES string of the molecule is Cn1ncc(Cl)c1CNC(=O)c1cc2nc(C3CC3)cc(C(F)(F)F)n2n1. The number of carbonyl (C=O) groups excluding carboxylic acids is 1. The Morgan fingerprint density at radius 3 is 2.70 bits per heavy atom. The Morgan fingerprint density at radius 1 is 1.37 bits per heavy atom. The van der Waals surface area contributed by atoms with Gasteiger partial charge >= 0.3 is 6.18 Å². The maximum atomic E-state index is 13.4.